The number of aryl methyl sites for hydroxylation is 2. The van der Waals surface area contributed by atoms with Crippen molar-refractivity contribution < 1.29 is 24.0 Å². The van der Waals surface area contributed by atoms with Crippen LogP contribution in [0.2, 0.25) is 0 Å². The third kappa shape index (κ3) is 5.25. The lowest BCUT2D eigenvalue weighted by molar-refractivity contribution is -0.384. The summed E-state index contributed by atoms with van der Waals surface area (Å²) in [6.07, 6.45) is 0. The van der Waals surface area contributed by atoms with E-state index < -0.39 is 16.8 Å². The summed E-state index contributed by atoms with van der Waals surface area (Å²) in [5.41, 5.74) is 3.18. The summed E-state index contributed by atoms with van der Waals surface area (Å²) >= 11 is 1.29. The van der Waals surface area contributed by atoms with E-state index in [2.05, 4.69) is 4.99 Å². The number of morpholine rings is 1. The van der Waals surface area contributed by atoms with Gasteiger partial charge in [0.15, 0.2) is 4.80 Å². The first-order valence-corrected chi connectivity index (χ1v) is 12.1. The van der Waals surface area contributed by atoms with Crippen molar-refractivity contribution in [3.8, 4) is 0 Å². The molecule has 2 aromatic carbocycles. The number of aromatic nitrogens is 1. The van der Waals surface area contributed by atoms with Crippen molar-refractivity contribution in [1.29, 1.82) is 0 Å². The molecule has 0 bridgehead atoms. The number of carbonyl (C=O) groups excluding carboxylic acids is 2. The second-order valence-electron chi connectivity index (χ2n) is 8.18. The number of nitrogens with zero attached hydrogens (tertiary/aromatic N) is 4. The minimum atomic E-state index is -0.625. The zero-order valence-corrected chi connectivity index (χ0v) is 20.6. The highest BCUT2D eigenvalue weighted by Gasteiger charge is 2.23. The van der Waals surface area contributed by atoms with E-state index >= 15 is 0 Å². The van der Waals surface area contributed by atoms with Crippen molar-refractivity contribution in [3.63, 3.8) is 0 Å². The van der Waals surface area contributed by atoms with Crippen molar-refractivity contribution in [2.75, 3.05) is 37.8 Å². The van der Waals surface area contributed by atoms with Crippen LogP contribution in [0, 0.1) is 24.0 Å². The fourth-order valence-corrected chi connectivity index (χ4v) is 5.19. The molecular formula is C24H26N4O6S. The number of esters is 1. The molecule has 0 N–H and O–H groups in total. The minimum absolute atomic E-state index is 0.0983. The van der Waals surface area contributed by atoms with Crippen molar-refractivity contribution in [2.45, 2.75) is 27.3 Å². The summed E-state index contributed by atoms with van der Waals surface area (Å²) in [5.74, 6) is -1.06. The number of nitro groups is 1. The summed E-state index contributed by atoms with van der Waals surface area (Å²) in [6, 6.07) is 8.34. The zero-order chi connectivity index (χ0) is 25.1. The number of nitro benzene ring substituents is 1. The molecule has 1 saturated heterocycles. The van der Waals surface area contributed by atoms with Gasteiger partial charge in [0.1, 0.15) is 12.2 Å². The Kier molecular flexibility index (Phi) is 7.27. The SMILES string of the molecule is CCOC(=O)Cn1c(=NC(=O)c2ccc(N3CCOCC3)c([N+](=O)[O-])c2)sc2c(C)cc(C)cc21. The van der Waals surface area contributed by atoms with Crippen LogP contribution in [0.15, 0.2) is 35.3 Å². The quantitative estimate of drug-likeness (QED) is 0.291. The van der Waals surface area contributed by atoms with Gasteiger partial charge in [0.05, 0.1) is 35.0 Å². The number of carbonyl (C=O) groups is 2. The lowest BCUT2D eigenvalue weighted by atomic mass is 10.1. The van der Waals surface area contributed by atoms with E-state index in [9.17, 15) is 19.7 Å². The molecule has 1 fully saturated rings. The summed E-state index contributed by atoms with van der Waals surface area (Å²) in [5, 5.41) is 11.8. The van der Waals surface area contributed by atoms with Crippen LogP contribution in [0.1, 0.15) is 28.4 Å². The summed E-state index contributed by atoms with van der Waals surface area (Å²) < 4.78 is 13.0. The number of ether oxygens (including phenoxy) is 2. The minimum Gasteiger partial charge on any atom is -0.465 e. The Balaban J connectivity index is 1.78. The molecule has 1 aliphatic rings. The van der Waals surface area contributed by atoms with Crippen molar-refractivity contribution in [2.24, 2.45) is 4.99 Å². The summed E-state index contributed by atoms with van der Waals surface area (Å²) in [6.45, 7) is 7.82. The lowest BCUT2D eigenvalue weighted by Gasteiger charge is -2.28. The number of anilines is 1. The fourth-order valence-electron chi connectivity index (χ4n) is 4.11. The molecule has 4 rings (SSSR count). The number of benzene rings is 2. The van der Waals surface area contributed by atoms with Gasteiger partial charge in [-0.1, -0.05) is 17.4 Å². The Morgan fingerprint density at radius 1 is 1.20 bits per heavy atom. The monoisotopic (exact) mass is 498 g/mol. The van der Waals surface area contributed by atoms with Crippen LogP contribution < -0.4 is 9.70 Å². The zero-order valence-electron chi connectivity index (χ0n) is 19.8. The van der Waals surface area contributed by atoms with Gasteiger partial charge in [-0.25, -0.2) is 0 Å². The predicted molar refractivity (Wildman–Crippen MR) is 132 cm³/mol. The number of hydrogen-bond donors (Lipinski definition) is 0. The van der Waals surface area contributed by atoms with E-state index in [4.69, 9.17) is 9.47 Å². The standard InChI is InChI=1S/C24H26N4O6S/c1-4-34-21(29)14-27-20-12-15(2)11-16(3)22(20)35-24(27)25-23(30)17-5-6-18(19(13-17)28(31)32)26-7-9-33-10-8-26/h5-6,11-13H,4,7-10,14H2,1-3H3. The Bertz CT molecular complexity index is 1370. The van der Waals surface area contributed by atoms with E-state index in [0.29, 0.717) is 36.8 Å². The van der Waals surface area contributed by atoms with Gasteiger partial charge in [0, 0.05) is 24.7 Å². The Morgan fingerprint density at radius 2 is 1.94 bits per heavy atom. The van der Waals surface area contributed by atoms with Crippen LogP contribution in [0.3, 0.4) is 0 Å². The predicted octanol–water partition coefficient (Wildman–Crippen LogP) is 3.37. The number of fused-ring (bicyclic) bond motifs is 1. The topological polar surface area (TPSA) is 116 Å². The molecule has 2 heterocycles. The first-order valence-electron chi connectivity index (χ1n) is 11.2. The van der Waals surface area contributed by atoms with Crippen molar-refractivity contribution in [1.82, 2.24) is 4.57 Å². The highest BCUT2D eigenvalue weighted by Crippen LogP contribution is 2.30. The van der Waals surface area contributed by atoms with Gasteiger partial charge in [-0.2, -0.15) is 4.99 Å². The van der Waals surface area contributed by atoms with Crippen LogP contribution in [-0.4, -0.2) is 54.3 Å². The van der Waals surface area contributed by atoms with Crippen LogP contribution in [0.5, 0.6) is 0 Å². The molecule has 1 aliphatic heterocycles. The molecule has 1 aromatic heterocycles. The maximum absolute atomic E-state index is 13.1. The molecule has 0 spiro atoms. The Hall–Kier alpha value is -3.57. The van der Waals surface area contributed by atoms with Crippen molar-refractivity contribution in [3.05, 3.63) is 61.9 Å². The maximum Gasteiger partial charge on any atom is 0.326 e. The summed E-state index contributed by atoms with van der Waals surface area (Å²) in [4.78, 5) is 43.2. The normalized spacial score (nSPS) is 14.4. The van der Waals surface area contributed by atoms with Gasteiger partial charge < -0.3 is 18.9 Å². The molecular weight excluding hydrogens is 472 g/mol. The van der Waals surface area contributed by atoms with Gasteiger partial charge >= 0.3 is 5.97 Å². The molecule has 0 unspecified atom stereocenters. The average Bonchev–Trinajstić information content (AvgIpc) is 3.16. The summed E-state index contributed by atoms with van der Waals surface area (Å²) in [7, 11) is 0. The van der Waals surface area contributed by atoms with E-state index in [1.165, 1.54) is 17.4 Å². The van der Waals surface area contributed by atoms with Gasteiger partial charge in [0.25, 0.3) is 11.6 Å². The van der Waals surface area contributed by atoms with E-state index in [1.54, 1.807) is 23.6 Å². The van der Waals surface area contributed by atoms with Gasteiger partial charge in [-0.15, -0.1) is 0 Å². The largest absolute Gasteiger partial charge is 0.465 e. The molecule has 35 heavy (non-hydrogen) atoms. The van der Waals surface area contributed by atoms with E-state index in [0.717, 1.165) is 21.3 Å². The molecule has 0 saturated carbocycles. The van der Waals surface area contributed by atoms with Gasteiger partial charge in [0.2, 0.25) is 0 Å². The van der Waals surface area contributed by atoms with E-state index in [1.807, 2.05) is 30.9 Å². The second-order valence-corrected chi connectivity index (χ2v) is 9.16. The lowest BCUT2D eigenvalue weighted by Crippen LogP contribution is -2.36. The molecule has 10 nitrogen and oxygen atoms in total. The molecule has 0 aliphatic carbocycles. The van der Waals surface area contributed by atoms with Crippen LogP contribution in [0.4, 0.5) is 11.4 Å². The van der Waals surface area contributed by atoms with Gasteiger partial charge in [-0.05, 0) is 50.1 Å². The van der Waals surface area contributed by atoms with Gasteiger partial charge in [-0.3, -0.25) is 19.7 Å². The number of amides is 1. The molecule has 1 amide bonds. The average molecular weight is 499 g/mol. The number of thiazole rings is 1. The third-order valence-corrected chi connectivity index (χ3v) is 6.90. The van der Waals surface area contributed by atoms with Crippen molar-refractivity contribution >= 4 is 44.8 Å². The second kappa shape index (κ2) is 10.4. The fraction of sp³-hybridized carbons (Fsp3) is 0.375. The number of hydrogen-bond acceptors (Lipinski definition) is 8. The van der Waals surface area contributed by atoms with Crippen LogP contribution >= 0.6 is 11.3 Å². The molecule has 0 radical (unpaired) electrons. The molecule has 184 valence electrons. The van der Waals surface area contributed by atoms with E-state index in [-0.39, 0.29) is 24.4 Å². The Labute approximate surface area is 205 Å². The maximum atomic E-state index is 13.1. The third-order valence-electron chi connectivity index (χ3n) is 5.67. The highest BCUT2D eigenvalue weighted by atomic mass is 32.1. The first-order chi connectivity index (χ1) is 16.8. The number of rotatable bonds is 6. The van der Waals surface area contributed by atoms with Crippen LogP contribution in [0.25, 0.3) is 10.2 Å². The molecule has 11 heteroatoms. The Morgan fingerprint density at radius 3 is 2.63 bits per heavy atom. The molecule has 3 aromatic rings. The smallest absolute Gasteiger partial charge is 0.326 e. The molecule has 0 atom stereocenters. The first kappa shape index (κ1) is 24.6. The highest BCUT2D eigenvalue weighted by molar-refractivity contribution is 7.16. The van der Waals surface area contributed by atoms with Crippen LogP contribution in [-0.2, 0) is 20.8 Å².